The predicted octanol–water partition coefficient (Wildman–Crippen LogP) is 18.0. The van der Waals surface area contributed by atoms with E-state index in [4.69, 9.17) is 4.74 Å². The van der Waals surface area contributed by atoms with Gasteiger partial charge in [-0.15, -0.1) is 0 Å². The van der Waals surface area contributed by atoms with Crippen molar-refractivity contribution in [2.45, 2.75) is 260 Å². The molecule has 0 aromatic heterocycles. The molecule has 2 aliphatic rings. The molecule has 0 spiro atoms. The highest BCUT2D eigenvalue weighted by Crippen LogP contribution is 2.40. The molecule has 1 aromatic rings. The van der Waals surface area contributed by atoms with Gasteiger partial charge in [0.05, 0.1) is 0 Å². The molecule has 0 aliphatic heterocycles. The zero-order chi connectivity index (χ0) is 38.3. The lowest BCUT2D eigenvalue weighted by Crippen LogP contribution is -2.20. The van der Waals surface area contributed by atoms with E-state index in [-0.39, 0.29) is 0 Å². The molecule has 2 atom stereocenters. The van der Waals surface area contributed by atoms with Crippen LogP contribution in [0.5, 0.6) is 0 Å². The van der Waals surface area contributed by atoms with Gasteiger partial charge in [0.15, 0.2) is 0 Å². The zero-order valence-electron chi connectivity index (χ0n) is 37.4. The van der Waals surface area contributed by atoms with Crippen LogP contribution in [-0.4, -0.2) is 13.2 Å². The molecule has 1 nitrogen and oxygen atoms in total. The fraction of sp³-hybridized carbons (Fsp3) is 0.882. The molecule has 3 rings (SSSR count). The summed E-state index contributed by atoms with van der Waals surface area (Å²) in [5.41, 5.74) is 3.26. The summed E-state index contributed by atoms with van der Waals surface area (Å²) in [4.78, 5) is 0. The Hall–Kier alpha value is -0.820. The Morgan fingerprint density at radius 2 is 0.846 bits per heavy atom. The molecule has 2 unspecified atom stereocenters. The maximum Gasteiger partial charge on any atom is 0.0437 e. The molecule has 1 saturated carbocycles. The number of benzene rings is 1. The first-order valence-electron chi connectivity index (χ1n) is 24.2. The van der Waals surface area contributed by atoms with E-state index in [2.05, 4.69) is 65.8 Å². The van der Waals surface area contributed by atoms with E-state index in [1.54, 1.807) is 36.8 Å². The van der Waals surface area contributed by atoms with Gasteiger partial charge in [-0.2, -0.15) is 0 Å². The third-order valence-electron chi connectivity index (χ3n) is 12.2. The summed E-state index contributed by atoms with van der Waals surface area (Å²) in [5, 5.41) is 0. The third-order valence-corrected chi connectivity index (χ3v) is 12.2. The zero-order valence-corrected chi connectivity index (χ0v) is 37.4. The van der Waals surface area contributed by atoms with Crippen LogP contribution in [0.2, 0.25) is 0 Å². The van der Waals surface area contributed by atoms with Crippen molar-refractivity contribution in [3.8, 4) is 0 Å². The van der Waals surface area contributed by atoms with Crippen molar-refractivity contribution < 1.29 is 4.74 Å². The van der Waals surface area contributed by atoms with Crippen LogP contribution in [0.3, 0.4) is 0 Å². The molecule has 0 saturated heterocycles. The number of aryl methyl sites for hydroxylation is 1. The van der Waals surface area contributed by atoms with E-state index in [1.165, 1.54) is 173 Å². The Morgan fingerprint density at radius 1 is 0.442 bits per heavy atom. The average Bonchev–Trinajstić information content (AvgIpc) is 3.18. The van der Waals surface area contributed by atoms with Crippen molar-refractivity contribution in [3.63, 3.8) is 0 Å². The molecule has 1 fully saturated rings. The van der Waals surface area contributed by atoms with Gasteiger partial charge in [-0.3, -0.25) is 0 Å². The minimum atomic E-state index is 0.838. The lowest BCUT2D eigenvalue weighted by atomic mass is 9.72. The van der Waals surface area contributed by atoms with Crippen molar-refractivity contribution in [2.75, 3.05) is 13.2 Å². The van der Waals surface area contributed by atoms with Crippen LogP contribution in [-0.2, 0) is 11.2 Å². The van der Waals surface area contributed by atoms with Crippen molar-refractivity contribution in [2.24, 2.45) is 17.8 Å². The number of unbranched alkanes of at least 4 members (excludes halogenated alkanes) is 17. The van der Waals surface area contributed by atoms with E-state index in [1.807, 2.05) is 13.8 Å². The minimum Gasteiger partial charge on any atom is -0.382 e. The normalized spacial score (nSPS) is 19.3. The largest absolute Gasteiger partial charge is 0.382 e. The lowest BCUT2D eigenvalue weighted by Gasteiger charge is -2.33. The molecular formula is C51H98O. The summed E-state index contributed by atoms with van der Waals surface area (Å²) >= 11 is 0. The van der Waals surface area contributed by atoms with Gasteiger partial charge >= 0.3 is 0 Å². The molecule has 1 aromatic carbocycles. The summed E-state index contributed by atoms with van der Waals surface area (Å²) in [6, 6.07) is 9.08. The van der Waals surface area contributed by atoms with Crippen LogP contribution < -0.4 is 0 Å². The first kappa shape index (κ1) is 51.2. The molecule has 0 heterocycles. The monoisotopic (exact) mass is 727 g/mol. The second kappa shape index (κ2) is 39.9. The molecule has 0 radical (unpaired) electrons. The SMILES string of the molecule is CCCC1c2ccccc2CCC1CC.CCCCCCC1CCC(CCCCCC)CC1.CCCCCCCCCCCCCC.CCOCC. The average molecular weight is 727 g/mol. The lowest BCUT2D eigenvalue weighted by molar-refractivity contribution is 0.162. The smallest absolute Gasteiger partial charge is 0.0437 e. The van der Waals surface area contributed by atoms with E-state index < -0.39 is 0 Å². The number of ether oxygens (including phenoxy) is 1. The molecule has 52 heavy (non-hydrogen) atoms. The Kier molecular flexibility index (Phi) is 39.2. The predicted molar refractivity (Wildman–Crippen MR) is 238 cm³/mol. The van der Waals surface area contributed by atoms with E-state index >= 15 is 0 Å². The maximum absolute atomic E-state index is 4.83. The second-order valence-electron chi connectivity index (χ2n) is 16.7. The Morgan fingerprint density at radius 3 is 1.21 bits per heavy atom. The molecular weight excluding hydrogens is 629 g/mol. The van der Waals surface area contributed by atoms with Crippen LogP contribution in [0, 0.1) is 17.8 Å². The Labute approximate surface area is 330 Å². The molecule has 2 aliphatic carbocycles. The van der Waals surface area contributed by atoms with Crippen LogP contribution >= 0.6 is 0 Å². The van der Waals surface area contributed by atoms with Crippen molar-refractivity contribution in [1.82, 2.24) is 0 Å². The number of rotatable bonds is 26. The van der Waals surface area contributed by atoms with Crippen molar-refractivity contribution >= 4 is 0 Å². The third kappa shape index (κ3) is 28.6. The molecule has 308 valence electrons. The van der Waals surface area contributed by atoms with Gasteiger partial charge in [0.25, 0.3) is 0 Å². The van der Waals surface area contributed by atoms with Gasteiger partial charge in [-0.05, 0) is 67.9 Å². The summed E-state index contributed by atoms with van der Waals surface area (Å²) in [7, 11) is 0. The highest BCUT2D eigenvalue weighted by Gasteiger charge is 2.27. The molecule has 1 heteroatoms. The van der Waals surface area contributed by atoms with E-state index in [0.29, 0.717) is 0 Å². The van der Waals surface area contributed by atoms with Gasteiger partial charge in [0.2, 0.25) is 0 Å². The topological polar surface area (TPSA) is 9.23 Å². The minimum absolute atomic E-state index is 0.838. The van der Waals surface area contributed by atoms with Crippen LogP contribution in [0.25, 0.3) is 0 Å². The first-order chi connectivity index (χ1) is 25.6. The molecule has 0 N–H and O–H groups in total. The number of hydrogen-bond donors (Lipinski definition) is 0. The summed E-state index contributed by atoms with van der Waals surface area (Å²) in [6.45, 7) is 19.5. The van der Waals surface area contributed by atoms with Crippen molar-refractivity contribution in [1.29, 1.82) is 0 Å². The highest BCUT2D eigenvalue weighted by molar-refractivity contribution is 5.33. The first-order valence-corrected chi connectivity index (χ1v) is 24.2. The number of fused-ring (bicyclic) bond motifs is 1. The maximum atomic E-state index is 4.83. The van der Waals surface area contributed by atoms with Gasteiger partial charge in [-0.25, -0.2) is 0 Å². The van der Waals surface area contributed by atoms with Crippen LogP contribution in [0.1, 0.15) is 265 Å². The van der Waals surface area contributed by atoms with E-state index in [0.717, 1.165) is 36.9 Å². The Bertz CT molecular complexity index is 773. The van der Waals surface area contributed by atoms with Crippen LogP contribution in [0.15, 0.2) is 24.3 Å². The molecule has 0 amide bonds. The van der Waals surface area contributed by atoms with Gasteiger partial charge < -0.3 is 4.74 Å². The molecule has 0 bridgehead atoms. The highest BCUT2D eigenvalue weighted by atomic mass is 16.5. The fourth-order valence-corrected chi connectivity index (χ4v) is 8.76. The Balaban J connectivity index is 0.000000708. The second-order valence-corrected chi connectivity index (χ2v) is 16.7. The van der Waals surface area contributed by atoms with Gasteiger partial charge in [0, 0.05) is 13.2 Å². The van der Waals surface area contributed by atoms with Gasteiger partial charge in [-0.1, -0.05) is 246 Å². The number of hydrogen-bond acceptors (Lipinski definition) is 1. The summed E-state index contributed by atoms with van der Waals surface area (Å²) in [6.07, 6.45) is 45.0. The summed E-state index contributed by atoms with van der Waals surface area (Å²) < 4.78 is 4.83. The quantitative estimate of drug-likeness (QED) is 0.0864. The fourth-order valence-electron chi connectivity index (χ4n) is 8.76. The summed E-state index contributed by atoms with van der Waals surface area (Å²) in [5.74, 6) is 3.95. The van der Waals surface area contributed by atoms with E-state index in [9.17, 15) is 0 Å². The standard InChI is InChI=1S/C18H36.C15H22.C14H30.C4H10O/c1-3-5-7-9-11-17-13-15-18(16-14-17)12-10-8-6-4-2;1-3-7-14-12(4-2)10-11-13-8-5-6-9-15(13)14;1-3-5-7-9-11-13-14-12-10-8-6-4-2;1-3-5-4-2/h17-18H,3-16H2,1-2H3;5-6,8-9,12,14H,3-4,7,10-11H2,1-2H3;3-14H2,1-2H3;3-4H2,1-2H3. The van der Waals surface area contributed by atoms with Gasteiger partial charge in [0.1, 0.15) is 0 Å². The van der Waals surface area contributed by atoms with Crippen molar-refractivity contribution in [3.05, 3.63) is 35.4 Å². The van der Waals surface area contributed by atoms with Crippen LogP contribution in [0.4, 0.5) is 0 Å².